The van der Waals surface area contributed by atoms with Crippen molar-refractivity contribution in [1.29, 1.82) is 0 Å². The fourth-order valence-corrected chi connectivity index (χ4v) is 1.78. The van der Waals surface area contributed by atoms with Gasteiger partial charge in [0, 0.05) is 13.1 Å². The molecule has 0 rings (SSSR count). The third kappa shape index (κ3) is 13.0. The number of hydrogen-bond donors (Lipinski definition) is 4. The molecule has 1 atom stereocenters. The normalized spacial score (nSPS) is 13.1. The predicted molar refractivity (Wildman–Crippen MR) is 92.2 cm³/mol. The van der Waals surface area contributed by atoms with Crippen LogP contribution < -0.4 is 16.4 Å². The molecule has 9 nitrogen and oxygen atoms in total. The number of carbonyl (C=O) groups is 3. The Labute approximate surface area is 148 Å². The van der Waals surface area contributed by atoms with Crippen LogP contribution in [-0.2, 0) is 14.3 Å². The Balaban J connectivity index is 4.63. The third-order valence-electron chi connectivity index (χ3n) is 2.77. The molecular formula is C16H31N3O6. The average Bonchev–Trinajstić information content (AvgIpc) is 2.37. The molecule has 5 N–H and O–H groups in total. The van der Waals surface area contributed by atoms with Crippen LogP contribution in [0.5, 0.6) is 0 Å². The Morgan fingerprint density at radius 3 is 1.56 bits per heavy atom. The highest BCUT2D eigenvalue weighted by atomic mass is 16.6. The van der Waals surface area contributed by atoms with Crippen LogP contribution in [0.3, 0.4) is 0 Å². The highest BCUT2D eigenvalue weighted by Crippen LogP contribution is 2.10. The zero-order valence-electron chi connectivity index (χ0n) is 15.8. The van der Waals surface area contributed by atoms with Gasteiger partial charge in [-0.1, -0.05) is 0 Å². The van der Waals surface area contributed by atoms with Crippen LogP contribution in [-0.4, -0.2) is 53.6 Å². The predicted octanol–water partition coefficient (Wildman–Crippen LogP) is 1.45. The summed E-state index contributed by atoms with van der Waals surface area (Å²) in [6, 6.07) is -1.11. The highest BCUT2D eigenvalue weighted by Gasteiger charge is 2.23. The molecule has 0 radical (unpaired) electrons. The summed E-state index contributed by atoms with van der Waals surface area (Å²) >= 11 is 0. The van der Waals surface area contributed by atoms with Gasteiger partial charge in [0.05, 0.1) is 0 Å². The monoisotopic (exact) mass is 361 g/mol. The van der Waals surface area contributed by atoms with Gasteiger partial charge in [-0.3, -0.25) is 4.79 Å². The molecule has 0 aliphatic carbocycles. The first-order valence-corrected chi connectivity index (χ1v) is 8.11. The van der Waals surface area contributed by atoms with Gasteiger partial charge in [0.15, 0.2) is 0 Å². The summed E-state index contributed by atoms with van der Waals surface area (Å²) < 4.78 is 10.2. The van der Waals surface area contributed by atoms with Crippen LogP contribution in [0, 0.1) is 5.92 Å². The molecule has 0 unspecified atom stereocenters. The Bertz CT molecular complexity index is 435. The molecule has 0 bridgehead atoms. The van der Waals surface area contributed by atoms with Gasteiger partial charge in [0.25, 0.3) is 0 Å². The van der Waals surface area contributed by atoms with Crippen molar-refractivity contribution in [3.05, 3.63) is 0 Å². The molecular weight excluding hydrogens is 330 g/mol. The highest BCUT2D eigenvalue weighted by molar-refractivity contribution is 5.73. The second kappa shape index (κ2) is 9.45. The van der Waals surface area contributed by atoms with E-state index in [1.807, 2.05) is 0 Å². The number of nitrogens with two attached hydrogens (primary N) is 1. The van der Waals surface area contributed by atoms with Gasteiger partial charge in [-0.15, -0.1) is 0 Å². The number of carbonyl (C=O) groups excluding carboxylic acids is 2. The fourth-order valence-electron chi connectivity index (χ4n) is 1.78. The summed E-state index contributed by atoms with van der Waals surface area (Å²) in [5, 5.41) is 14.0. The van der Waals surface area contributed by atoms with Crippen molar-refractivity contribution in [1.82, 2.24) is 10.6 Å². The lowest BCUT2D eigenvalue weighted by Crippen LogP contribution is -2.43. The number of nitrogens with one attached hydrogen (secondary N) is 2. The molecule has 0 aliphatic rings. The number of aliphatic carboxylic acids is 1. The maximum atomic E-state index is 11.7. The quantitative estimate of drug-likeness (QED) is 0.538. The van der Waals surface area contributed by atoms with Gasteiger partial charge in [-0.25, -0.2) is 9.59 Å². The standard InChI is InChI=1S/C16H31N3O6/c1-15(2,3)24-13(22)18-8-10(7-11(17)12(20)21)9-19-14(23)25-16(4,5)6/h10-11H,7-9,17H2,1-6H3,(H,18,22)(H,19,23)(H,20,21)/t11-/m0/s1. The maximum Gasteiger partial charge on any atom is 0.407 e. The summed E-state index contributed by atoms with van der Waals surface area (Å²) in [4.78, 5) is 34.4. The van der Waals surface area contributed by atoms with Crippen LogP contribution in [0.2, 0.25) is 0 Å². The molecule has 9 heteroatoms. The first-order chi connectivity index (χ1) is 11.2. The lowest BCUT2D eigenvalue weighted by Gasteiger charge is -2.24. The first kappa shape index (κ1) is 23.0. The van der Waals surface area contributed by atoms with Gasteiger partial charge in [-0.2, -0.15) is 0 Å². The van der Waals surface area contributed by atoms with Crippen LogP contribution in [0.25, 0.3) is 0 Å². The topological polar surface area (TPSA) is 140 Å². The van der Waals surface area contributed by atoms with Crippen molar-refractivity contribution in [2.45, 2.75) is 65.2 Å². The van der Waals surface area contributed by atoms with Gasteiger partial charge in [0.1, 0.15) is 17.2 Å². The largest absolute Gasteiger partial charge is 0.480 e. The number of alkyl carbamates (subject to hydrolysis) is 2. The van der Waals surface area contributed by atoms with Gasteiger partial charge < -0.3 is 30.9 Å². The molecule has 146 valence electrons. The Morgan fingerprint density at radius 2 is 1.28 bits per heavy atom. The van der Waals surface area contributed by atoms with Crippen molar-refractivity contribution < 1.29 is 29.0 Å². The zero-order chi connectivity index (χ0) is 19.8. The van der Waals surface area contributed by atoms with E-state index in [0.29, 0.717) is 0 Å². The molecule has 0 fully saturated rings. The number of ether oxygens (including phenoxy) is 2. The lowest BCUT2D eigenvalue weighted by molar-refractivity contribution is -0.138. The van der Waals surface area contributed by atoms with Crippen LogP contribution in [0.15, 0.2) is 0 Å². The minimum atomic E-state index is -1.15. The number of rotatable bonds is 7. The van der Waals surface area contributed by atoms with Crippen molar-refractivity contribution in [3.63, 3.8) is 0 Å². The summed E-state index contributed by atoms with van der Waals surface area (Å²) in [5.41, 5.74) is 4.25. The van der Waals surface area contributed by atoms with Gasteiger partial charge in [-0.05, 0) is 53.9 Å². The third-order valence-corrected chi connectivity index (χ3v) is 2.77. The SMILES string of the molecule is CC(C)(C)OC(=O)NCC(CNC(=O)OC(C)(C)C)C[C@H](N)C(=O)O. The molecule has 25 heavy (non-hydrogen) atoms. The van der Waals surface area contributed by atoms with Gasteiger partial charge in [0.2, 0.25) is 0 Å². The van der Waals surface area contributed by atoms with E-state index in [0.717, 1.165) is 0 Å². The number of carboxylic acid groups (broad SMARTS) is 1. The number of hydrogen-bond acceptors (Lipinski definition) is 6. The average molecular weight is 361 g/mol. The maximum absolute atomic E-state index is 11.7. The molecule has 2 amide bonds. The summed E-state index contributed by atoms with van der Waals surface area (Å²) in [6.45, 7) is 10.6. The van der Waals surface area contributed by atoms with Gasteiger partial charge >= 0.3 is 18.2 Å². The first-order valence-electron chi connectivity index (χ1n) is 8.11. The summed E-state index contributed by atoms with van der Waals surface area (Å²) in [6.07, 6.45) is -1.18. The number of carboxylic acids is 1. The minimum Gasteiger partial charge on any atom is -0.480 e. The van der Waals surface area contributed by atoms with Crippen molar-refractivity contribution in [2.75, 3.05) is 13.1 Å². The molecule has 0 spiro atoms. The molecule has 0 saturated heterocycles. The molecule has 0 aromatic carbocycles. The second-order valence-corrected chi connectivity index (χ2v) is 7.81. The van der Waals surface area contributed by atoms with E-state index in [1.165, 1.54) is 0 Å². The van der Waals surface area contributed by atoms with Crippen molar-refractivity contribution in [3.8, 4) is 0 Å². The molecule has 0 aliphatic heterocycles. The number of amides is 2. The van der Waals surface area contributed by atoms with Crippen molar-refractivity contribution in [2.24, 2.45) is 11.7 Å². The zero-order valence-corrected chi connectivity index (χ0v) is 15.8. The van der Waals surface area contributed by atoms with E-state index in [2.05, 4.69) is 10.6 Å². The minimum absolute atomic E-state index is 0.0704. The van der Waals surface area contributed by atoms with E-state index in [1.54, 1.807) is 41.5 Å². The van der Waals surface area contributed by atoms with Crippen LogP contribution in [0.1, 0.15) is 48.0 Å². The second-order valence-electron chi connectivity index (χ2n) is 7.81. The molecule has 0 aromatic rings. The molecule has 0 aromatic heterocycles. The van der Waals surface area contributed by atoms with Crippen molar-refractivity contribution >= 4 is 18.2 Å². The Hall–Kier alpha value is -2.03. The van der Waals surface area contributed by atoms with E-state index in [4.69, 9.17) is 20.3 Å². The van der Waals surface area contributed by atoms with Crippen LogP contribution in [0.4, 0.5) is 9.59 Å². The Kier molecular flexibility index (Phi) is 8.68. The van der Waals surface area contributed by atoms with E-state index in [9.17, 15) is 14.4 Å². The summed E-state index contributed by atoms with van der Waals surface area (Å²) in [7, 11) is 0. The van der Waals surface area contributed by atoms with E-state index < -0.39 is 41.3 Å². The lowest BCUT2D eigenvalue weighted by atomic mass is 10.00. The molecule has 0 heterocycles. The summed E-state index contributed by atoms with van der Waals surface area (Å²) in [5.74, 6) is -1.55. The van der Waals surface area contributed by atoms with E-state index >= 15 is 0 Å². The Morgan fingerprint density at radius 1 is 0.920 bits per heavy atom. The fraction of sp³-hybridized carbons (Fsp3) is 0.812. The smallest absolute Gasteiger partial charge is 0.407 e. The van der Waals surface area contributed by atoms with Crippen LogP contribution >= 0.6 is 0 Å². The molecule has 0 saturated carbocycles. The van der Waals surface area contributed by atoms with E-state index in [-0.39, 0.29) is 19.5 Å².